The summed E-state index contributed by atoms with van der Waals surface area (Å²) in [5.74, 6) is 0.467. The number of allylic oxidation sites excluding steroid dienone is 2. The Hall–Kier alpha value is -3.71. The average molecular weight is 547 g/mol. The van der Waals surface area contributed by atoms with Crippen molar-refractivity contribution in [2.75, 3.05) is 13.2 Å². The second kappa shape index (κ2) is 15.6. The van der Waals surface area contributed by atoms with Crippen molar-refractivity contribution in [3.05, 3.63) is 99.0 Å². The van der Waals surface area contributed by atoms with Crippen molar-refractivity contribution in [2.24, 2.45) is 0 Å². The number of unbranched alkanes of at least 4 members (excludes halogenated alkanes) is 1. The summed E-state index contributed by atoms with van der Waals surface area (Å²) in [6.07, 6.45) is 6.74. The molecule has 6 nitrogen and oxygen atoms in total. The van der Waals surface area contributed by atoms with Gasteiger partial charge in [0.05, 0.1) is 31.4 Å². The Balaban J connectivity index is 1.77. The second-order valence-corrected chi connectivity index (χ2v) is 10.3. The van der Waals surface area contributed by atoms with Gasteiger partial charge in [0.15, 0.2) is 0 Å². The summed E-state index contributed by atoms with van der Waals surface area (Å²) < 4.78 is 10.9. The smallest absolute Gasteiger partial charge is 0.333 e. The summed E-state index contributed by atoms with van der Waals surface area (Å²) in [6, 6.07) is 17.5. The molecule has 39 heavy (non-hydrogen) atoms. The quantitative estimate of drug-likeness (QED) is 0.103. The van der Waals surface area contributed by atoms with Crippen LogP contribution in [0.3, 0.4) is 0 Å². The molecule has 0 unspecified atom stereocenters. The molecule has 1 heterocycles. The van der Waals surface area contributed by atoms with E-state index in [-0.39, 0.29) is 17.9 Å². The lowest BCUT2D eigenvalue weighted by molar-refractivity contribution is -0.138. The van der Waals surface area contributed by atoms with Crippen LogP contribution < -0.4 is 10.1 Å². The molecule has 0 radical (unpaired) electrons. The van der Waals surface area contributed by atoms with Crippen LogP contribution in [0.4, 0.5) is 0 Å². The summed E-state index contributed by atoms with van der Waals surface area (Å²) in [5, 5.41) is 5.99. The first-order chi connectivity index (χ1) is 18.9. The molecular weight excluding hydrogens is 508 g/mol. The molecule has 1 aromatic heterocycles. The van der Waals surface area contributed by atoms with E-state index in [1.165, 1.54) is 11.3 Å². The number of benzene rings is 2. The zero-order valence-corrected chi connectivity index (χ0v) is 24.1. The van der Waals surface area contributed by atoms with Gasteiger partial charge in [0, 0.05) is 11.0 Å². The second-order valence-electron chi connectivity index (χ2n) is 9.38. The maximum atomic E-state index is 13.0. The van der Waals surface area contributed by atoms with Gasteiger partial charge >= 0.3 is 5.97 Å². The number of carbonyl (C=O) groups is 2. The summed E-state index contributed by atoms with van der Waals surface area (Å²) >= 11 is 1.51. The number of nitrogens with one attached hydrogen (secondary N) is 1. The van der Waals surface area contributed by atoms with Gasteiger partial charge in [-0.15, -0.1) is 11.3 Å². The van der Waals surface area contributed by atoms with Crippen molar-refractivity contribution >= 4 is 29.3 Å². The third-order valence-electron chi connectivity index (χ3n) is 5.93. The monoisotopic (exact) mass is 546 g/mol. The number of amides is 1. The van der Waals surface area contributed by atoms with Crippen LogP contribution >= 0.6 is 11.3 Å². The third kappa shape index (κ3) is 10.2. The summed E-state index contributed by atoms with van der Waals surface area (Å²) in [6.45, 7) is 8.63. The molecule has 0 saturated heterocycles. The van der Waals surface area contributed by atoms with Crippen LogP contribution in [0.5, 0.6) is 5.75 Å². The van der Waals surface area contributed by atoms with Crippen molar-refractivity contribution in [3.63, 3.8) is 0 Å². The lowest BCUT2D eigenvalue weighted by Crippen LogP contribution is -2.31. The topological polar surface area (TPSA) is 77.5 Å². The van der Waals surface area contributed by atoms with Gasteiger partial charge in [-0.25, -0.2) is 9.78 Å². The Morgan fingerprint density at radius 3 is 2.46 bits per heavy atom. The number of hydrogen-bond acceptors (Lipinski definition) is 6. The zero-order valence-electron chi connectivity index (χ0n) is 23.2. The van der Waals surface area contributed by atoms with Gasteiger partial charge in [-0.3, -0.25) is 4.79 Å². The van der Waals surface area contributed by atoms with E-state index in [1.807, 2.05) is 73.0 Å². The number of rotatable bonds is 14. The number of esters is 1. The molecule has 0 saturated carbocycles. The SMILES string of the molecule is CCCCOc1ccc(C[C@H](NC(=O)Cc2ccccc2)c2nc(/C=C(C)/C=C(/C)C(=O)OCC)cs2)cc1. The Labute approximate surface area is 235 Å². The van der Waals surface area contributed by atoms with Gasteiger partial charge in [-0.05, 0) is 74.6 Å². The first-order valence-electron chi connectivity index (χ1n) is 13.4. The molecule has 206 valence electrons. The molecule has 0 fully saturated rings. The van der Waals surface area contributed by atoms with E-state index >= 15 is 0 Å². The normalized spacial score (nSPS) is 12.6. The van der Waals surface area contributed by atoms with E-state index in [9.17, 15) is 9.59 Å². The molecular formula is C32H38N2O4S. The summed E-state index contributed by atoms with van der Waals surface area (Å²) in [5.41, 5.74) is 4.25. The van der Waals surface area contributed by atoms with Gasteiger partial charge in [-0.2, -0.15) is 0 Å². The van der Waals surface area contributed by atoms with E-state index in [0.717, 1.165) is 46.0 Å². The molecule has 1 atom stereocenters. The minimum Gasteiger partial charge on any atom is -0.494 e. The van der Waals surface area contributed by atoms with Crippen molar-refractivity contribution < 1.29 is 19.1 Å². The largest absolute Gasteiger partial charge is 0.494 e. The van der Waals surface area contributed by atoms with E-state index in [2.05, 4.69) is 12.2 Å². The van der Waals surface area contributed by atoms with E-state index in [0.29, 0.717) is 31.6 Å². The number of thiazole rings is 1. The number of carbonyl (C=O) groups excluding carboxylic acids is 2. The van der Waals surface area contributed by atoms with Crippen molar-refractivity contribution in [1.29, 1.82) is 0 Å². The maximum Gasteiger partial charge on any atom is 0.333 e. The number of aromatic nitrogens is 1. The fourth-order valence-electron chi connectivity index (χ4n) is 3.97. The van der Waals surface area contributed by atoms with Gasteiger partial charge in [0.25, 0.3) is 0 Å². The Morgan fingerprint density at radius 1 is 1.03 bits per heavy atom. The highest BCUT2D eigenvalue weighted by atomic mass is 32.1. The Morgan fingerprint density at radius 2 is 1.77 bits per heavy atom. The van der Waals surface area contributed by atoms with Gasteiger partial charge in [0.1, 0.15) is 10.8 Å². The number of ether oxygens (including phenoxy) is 2. The van der Waals surface area contributed by atoms with E-state index < -0.39 is 0 Å². The summed E-state index contributed by atoms with van der Waals surface area (Å²) in [7, 11) is 0. The molecule has 0 aliphatic carbocycles. The minimum absolute atomic E-state index is 0.0535. The molecule has 2 aromatic carbocycles. The highest BCUT2D eigenvalue weighted by Gasteiger charge is 2.19. The first kappa shape index (κ1) is 29.8. The Bertz CT molecular complexity index is 1260. The fraction of sp³-hybridized carbons (Fsp3) is 0.344. The standard InChI is InChI=1S/C32H38N2O4S/c1-5-7-17-38-28-15-13-26(14-16-28)20-29(34-30(35)21-25-11-9-8-10-12-25)31-33-27(22-39-31)19-23(3)18-24(4)32(36)37-6-2/h8-16,18-19,22,29H,5-7,17,20-21H2,1-4H3,(H,34,35)/b23-19+,24-18-/t29-/m0/s1. The van der Waals surface area contributed by atoms with Crippen LogP contribution in [0.15, 0.2) is 77.2 Å². The molecule has 0 spiro atoms. The highest BCUT2D eigenvalue weighted by molar-refractivity contribution is 7.09. The lowest BCUT2D eigenvalue weighted by atomic mass is 10.1. The lowest BCUT2D eigenvalue weighted by Gasteiger charge is -2.17. The molecule has 1 N–H and O–H groups in total. The maximum absolute atomic E-state index is 13.0. The molecule has 0 aliphatic rings. The van der Waals surface area contributed by atoms with Gasteiger partial charge in [0.2, 0.25) is 5.91 Å². The van der Waals surface area contributed by atoms with E-state index in [1.54, 1.807) is 19.9 Å². The van der Waals surface area contributed by atoms with E-state index in [4.69, 9.17) is 14.5 Å². The van der Waals surface area contributed by atoms with Crippen LogP contribution in [-0.2, 0) is 27.2 Å². The minimum atomic E-state index is -0.327. The fourth-order valence-corrected chi connectivity index (χ4v) is 4.79. The number of nitrogens with zero attached hydrogens (tertiary/aromatic N) is 1. The molecule has 3 aromatic rings. The zero-order chi connectivity index (χ0) is 28.0. The molecule has 3 rings (SSSR count). The van der Waals surface area contributed by atoms with Crippen molar-refractivity contribution in [2.45, 2.75) is 59.4 Å². The summed E-state index contributed by atoms with van der Waals surface area (Å²) in [4.78, 5) is 29.8. The molecule has 1 amide bonds. The molecule has 0 bridgehead atoms. The average Bonchev–Trinajstić information content (AvgIpc) is 3.38. The predicted molar refractivity (Wildman–Crippen MR) is 158 cm³/mol. The highest BCUT2D eigenvalue weighted by Crippen LogP contribution is 2.25. The van der Waals surface area contributed by atoms with Crippen molar-refractivity contribution in [1.82, 2.24) is 10.3 Å². The number of hydrogen-bond donors (Lipinski definition) is 1. The third-order valence-corrected chi connectivity index (χ3v) is 6.90. The predicted octanol–water partition coefficient (Wildman–Crippen LogP) is 6.88. The van der Waals surface area contributed by atoms with Gasteiger partial charge < -0.3 is 14.8 Å². The van der Waals surface area contributed by atoms with Gasteiger partial charge in [-0.1, -0.05) is 55.8 Å². The Kier molecular flexibility index (Phi) is 12.0. The van der Waals surface area contributed by atoms with Crippen LogP contribution in [0.1, 0.15) is 68.4 Å². The van der Waals surface area contributed by atoms with Crippen LogP contribution in [0.2, 0.25) is 0 Å². The van der Waals surface area contributed by atoms with Crippen molar-refractivity contribution in [3.8, 4) is 5.75 Å². The molecule has 0 aliphatic heterocycles. The van der Waals surface area contributed by atoms with Crippen LogP contribution in [-0.4, -0.2) is 30.1 Å². The van der Waals surface area contributed by atoms with Crippen LogP contribution in [0.25, 0.3) is 6.08 Å². The first-order valence-corrected chi connectivity index (χ1v) is 14.3. The van der Waals surface area contributed by atoms with Crippen LogP contribution in [0, 0.1) is 0 Å². The molecule has 7 heteroatoms.